The molecule has 1 aromatic heterocycles. The number of hydrogen-bond acceptors (Lipinski definition) is 5. The van der Waals surface area contributed by atoms with E-state index in [1.807, 2.05) is 6.92 Å². The van der Waals surface area contributed by atoms with Crippen LogP contribution in [0.4, 0.5) is 5.69 Å². The van der Waals surface area contributed by atoms with Gasteiger partial charge < -0.3 is 16.2 Å². The van der Waals surface area contributed by atoms with Gasteiger partial charge in [0.1, 0.15) is 5.69 Å². The van der Waals surface area contributed by atoms with Crippen molar-refractivity contribution >= 4 is 23.4 Å². The second-order valence-corrected chi connectivity index (χ2v) is 5.33. The molecule has 1 rings (SSSR count). The number of anilines is 1. The molecule has 0 atom stereocenters. The van der Waals surface area contributed by atoms with Crippen molar-refractivity contribution in [1.82, 2.24) is 15.1 Å². The molecule has 0 saturated carbocycles. The number of hydrogen-bond donors (Lipinski definition) is 3. The minimum atomic E-state index is -0.178. The summed E-state index contributed by atoms with van der Waals surface area (Å²) in [5.41, 5.74) is 7.45. The van der Waals surface area contributed by atoms with Gasteiger partial charge in [0, 0.05) is 25.4 Å². The van der Waals surface area contributed by atoms with Gasteiger partial charge in [0.05, 0.1) is 11.4 Å². The number of rotatable bonds is 8. The van der Waals surface area contributed by atoms with Crippen molar-refractivity contribution in [3.63, 3.8) is 0 Å². The van der Waals surface area contributed by atoms with Gasteiger partial charge in [-0.05, 0) is 26.0 Å². The van der Waals surface area contributed by atoms with Crippen LogP contribution in [0.5, 0.6) is 0 Å². The van der Waals surface area contributed by atoms with E-state index in [0.29, 0.717) is 30.2 Å². The molecular weight excluding hydrogens is 264 g/mol. The third kappa shape index (κ3) is 4.43. The average molecular weight is 286 g/mol. The van der Waals surface area contributed by atoms with Crippen molar-refractivity contribution in [2.45, 2.75) is 26.8 Å². The first-order chi connectivity index (χ1) is 9.11. The molecule has 6 nitrogen and oxygen atoms in total. The molecule has 1 amide bonds. The summed E-state index contributed by atoms with van der Waals surface area (Å²) in [6.07, 6.45) is 0.785. The molecule has 0 bridgehead atoms. The molecule has 1 aromatic rings. The van der Waals surface area contributed by atoms with Gasteiger partial charge >= 0.3 is 0 Å². The summed E-state index contributed by atoms with van der Waals surface area (Å²) in [6.45, 7) is 5.13. The van der Waals surface area contributed by atoms with E-state index >= 15 is 0 Å². The van der Waals surface area contributed by atoms with Crippen LogP contribution in [-0.2, 0) is 6.54 Å². The van der Waals surface area contributed by atoms with Gasteiger partial charge in [-0.2, -0.15) is 16.9 Å². The Labute approximate surface area is 117 Å². The number of aliphatic hydroxyl groups is 1. The minimum Gasteiger partial charge on any atom is -0.396 e. The first-order valence-electron chi connectivity index (χ1n) is 6.41. The number of nitrogens with two attached hydrogens (primary N) is 1. The molecule has 0 aromatic carbocycles. The zero-order valence-electron chi connectivity index (χ0n) is 11.5. The largest absolute Gasteiger partial charge is 0.396 e. The quantitative estimate of drug-likeness (QED) is 0.610. The summed E-state index contributed by atoms with van der Waals surface area (Å²) in [7, 11) is 0. The summed E-state index contributed by atoms with van der Waals surface area (Å²) in [4.78, 5) is 12.0. The zero-order valence-corrected chi connectivity index (χ0v) is 12.3. The number of thioether (sulfide) groups is 1. The summed E-state index contributed by atoms with van der Waals surface area (Å²) in [5.74, 6) is 1.55. The SMILES string of the molecule is CCn1nc(C)c(N)c1C(=O)NCCSCCCO. The number of aryl methyl sites for hydroxylation is 2. The van der Waals surface area contributed by atoms with Crippen molar-refractivity contribution in [3.05, 3.63) is 11.4 Å². The Morgan fingerprint density at radius 3 is 2.89 bits per heavy atom. The molecule has 108 valence electrons. The maximum Gasteiger partial charge on any atom is 0.271 e. The molecule has 7 heteroatoms. The van der Waals surface area contributed by atoms with Gasteiger partial charge in [-0.3, -0.25) is 9.48 Å². The maximum absolute atomic E-state index is 12.0. The molecule has 0 spiro atoms. The van der Waals surface area contributed by atoms with E-state index < -0.39 is 0 Å². The van der Waals surface area contributed by atoms with E-state index in [9.17, 15) is 4.79 Å². The van der Waals surface area contributed by atoms with Crippen LogP contribution in [-0.4, -0.2) is 45.5 Å². The monoisotopic (exact) mass is 286 g/mol. The Hall–Kier alpha value is -1.21. The highest BCUT2D eigenvalue weighted by molar-refractivity contribution is 7.99. The van der Waals surface area contributed by atoms with E-state index in [1.165, 1.54) is 0 Å². The van der Waals surface area contributed by atoms with Gasteiger partial charge in [0.15, 0.2) is 0 Å². The summed E-state index contributed by atoms with van der Waals surface area (Å²) in [5, 5.41) is 15.7. The number of nitrogens with zero attached hydrogens (tertiary/aromatic N) is 2. The number of carbonyl (C=O) groups excluding carboxylic acids is 1. The molecule has 0 aliphatic carbocycles. The lowest BCUT2D eigenvalue weighted by Gasteiger charge is -2.07. The third-order valence-corrected chi connectivity index (χ3v) is 3.74. The van der Waals surface area contributed by atoms with Crippen LogP contribution in [0.15, 0.2) is 0 Å². The Kier molecular flexibility index (Phi) is 6.72. The number of carbonyl (C=O) groups is 1. The Bertz CT molecular complexity index is 420. The van der Waals surface area contributed by atoms with E-state index in [-0.39, 0.29) is 12.5 Å². The van der Waals surface area contributed by atoms with E-state index in [1.54, 1.807) is 23.4 Å². The third-order valence-electron chi connectivity index (χ3n) is 2.67. The van der Waals surface area contributed by atoms with E-state index in [0.717, 1.165) is 17.9 Å². The van der Waals surface area contributed by atoms with Gasteiger partial charge in [0.25, 0.3) is 5.91 Å². The van der Waals surface area contributed by atoms with Crippen molar-refractivity contribution < 1.29 is 9.90 Å². The van der Waals surface area contributed by atoms with Gasteiger partial charge in [0.2, 0.25) is 0 Å². The molecule has 0 radical (unpaired) electrons. The number of nitrogen functional groups attached to an aromatic ring is 1. The second-order valence-electron chi connectivity index (χ2n) is 4.11. The number of amides is 1. The molecule has 1 heterocycles. The van der Waals surface area contributed by atoms with E-state index in [2.05, 4.69) is 10.4 Å². The molecular formula is C12H22N4O2S. The van der Waals surface area contributed by atoms with Crippen molar-refractivity contribution in [1.29, 1.82) is 0 Å². The summed E-state index contributed by atoms with van der Waals surface area (Å²) in [6, 6.07) is 0. The molecule has 0 aliphatic heterocycles. The van der Waals surface area contributed by atoms with Crippen LogP contribution in [0.1, 0.15) is 29.5 Å². The Balaban J connectivity index is 2.45. The lowest BCUT2D eigenvalue weighted by molar-refractivity contribution is 0.0946. The fraction of sp³-hybridized carbons (Fsp3) is 0.667. The predicted octanol–water partition coefficient (Wildman–Crippen LogP) is 0.639. The molecule has 4 N–H and O–H groups in total. The van der Waals surface area contributed by atoms with Crippen LogP contribution in [0.25, 0.3) is 0 Å². The standard InChI is InChI=1S/C12H22N4O2S/c1-3-16-11(10(13)9(2)15-16)12(18)14-5-8-19-7-4-6-17/h17H,3-8,13H2,1-2H3,(H,14,18). The van der Waals surface area contributed by atoms with Crippen LogP contribution in [0.2, 0.25) is 0 Å². The molecule has 0 saturated heterocycles. The maximum atomic E-state index is 12.0. The first kappa shape index (κ1) is 15.8. The minimum absolute atomic E-state index is 0.178. The molecule has 0 aliphatic rings. The van der Waals surface area contributed by atoms with E-state index in [4.69, 9.17) is 10.8 Å². The second kappa shape index (κ2) is 8.06. The average Bonchev–Trinajstić information content (AvgIpc) is 2.69. The Morgan fingerprint density at radius 2 is 2.26 bits per heavy atom. The topological polar surface area (TPSA) is 93.2 Å². The predicted molar refractivity (Wildman–Crippen MR) is 78.4 cm³/mol. The molecule has 0 fully saturated rings. The van der Waals surface area contributed by atoms with Crippen LogP contribution < -0.4 is 11.1 Å². The Morgan fingerprint density at radius 1 is 1.53 bits per heavy atom. The van der Waals surface area contributed by atoms with Crippen molar-refractivity contribution in [2.75, 3.05) is 30.4 Å². The highest BCUT2D eigenvalue weighted by Gasteiger charge is 2.18. The normalized spacial score (nSPS) is 10.7. The molecule has 0 unspecified atom stereocenters. The van der Waals surface area contributed by atoms with Gasteiger partial charge in [-0.25, -0.2) is 0 Å². The van der Waals surface area contributed by atoms with Gasteiger partial charge in [-0.1, -0.05) is 0 Å². The summed E-state index contributed by atoms with van der Waals surface area (Å²) < 4.78 is 1.62. The lowest BCUT2D eigenvalue weighted by atomic mass is 10.3. The lowest BCUT2D eigenvalue weighted by Crippen LogP contribution is -2.29. The van der Waals surface area contributed by atoms with Crippen molar-refractivity contribution in [2.24, 2.45) is 0 Å². The van der Waals surface area contributed by atoms with Crippen LogP contribution in [0, 0.1) is 6.92 Å². The smallest absolute Gasteiger partial charge is 0.271 e. The van der Waals surface area contributed by atoms with Crippen LogP contribution >= 0.6 is 11.8 Å². The zero-order chi connectivity index (χ0) is 14.3. The van der Waals surface area contributed by atoms with Crippen LogP contribution in [0.3, 0.4) is 0 Å². The highest BCUT2D eigenvalue weighted by atomic mass is 32.2. The number of aliphatic hydroxyl groups excluding tert-OH is 1. The number of nitrogens with one attached hydrogen (secondary N) is 1. The highest BCUT2D eigenvalue weighted by Crippen LogP contribution is 2.16. The number of aromatic nitrogens is 2. The van der Waals surface area contributed by atoms with Crippen molar-refractivity contribution in [3.8, 4) is 0 Å². The summed E-state index contributed by atoms with van der Waals surface area (Å²) >= 11 is 1.71. The first-order valence-corrected chi connectivity index (χ1v) is 7.57. The van der Waals surface area contributed by atoms with Gasteiger partial charge in [-0.15, -0.1) is 0 Å². The fourth-order valence-corrected chi connectivity index (χ4v) is 2.44. The molecule has 19 heavy (non-hydrogen) atoms. The fourth-order valence-electron chi connectivity index (χ4n) is 1.65.